The van der Waals surface area contributed by atoms with E-state index in [0.29, 0.717) is 6.61 Å². The topological polar surface area (TPSA) is 52.6 Å². The first kappa shape index (κ1) is 16.4. The molecule has 0 aromatic heterocycles. The highest BCUT2D eigenvalue weighted by atomic mass is 16.5. The molecular formula is C14H22O4. The summed E-state index contributed by atoms with van der Waals surface area (Å²) in [6.45, 7) is 5.79. The molecule has 0 spiro atoms. The molecule has 0 aromatic rings. The third-order valence-electron chi connectivity index (χ3n) is 2.30. The summed E-state index contributed by atoms with van der Waals surface area (Å²) in [4.78, 5) is 22.0. The van der Waals surface area contributed by atoms with E-state index in [2.05, 4.69) is 18.2 Å². The minimum absolute atomic E-state index is 0.395. The second kappa shape index (κ2) is 11.9. The van der Waals surface area contributed by atoms with Gasteiger partial charge in [0.05, 0.1) is 12.9 Å². The van der Waals surface area contributed by atoms with Crippen molar-refractivity contribution in [2.75, 3.05) is 6.61 Å². The molecule has 0 aliphatic carbocycles. The van der Waals surface area contributed by atoms with Crippen LogP contribution in [0.4, 0.5) is 0 Å². The summed E-state index contributed by atoms with van der Waals surface area (Å²) in [6, 6.07) is 0. The van der Waals surface area contributed by atoms with Crippen molar-refractivity contribution >= 4 is 11.9 Å². The summed E-state index contributed by atoms with van der Waals surface area (Å²) in [7, 11) is 0. The van der Waals surface area contributed by atoms with Crippen LogP contribution < -0.4 is 0 Å². The fourth-order valence-electron chi connectivity index (χ4n) is 1.36. The van der Waals surface area contributed by atoms with Gasteiger partial charge in [0.15, 0.2) is 0 Å². The van der Waals surface area contributed by atoms with Gasteiger partial charge in [-0.1, -0.05) is 45.6 Å². The van der Waals surface area contributed by atoms with E-state index < -0.39 is 11.9 Å². The van der Waals surface area contributed by atoms with E-state index in [1.54, 1.807) is 0 Å². The first-order valence-corrected chi connectivity index (χ1v) is 6.37. The van der Waals surface area contributed by atoms with Crippen LogP contribution in [-0.2, 0) is 19.1 Å². The number of hydrogen-bond acceptors (Lipinski definition) is 4. The molecule has 0 aliphatic rings. The van der Waals surface area contributed by atoms with Crippen LogP contribution in [-0.4, -0.2) is 18.5 Å². The van der Waals surface area contributed by atoms with Crippen molar-refractivity contribution in [2.45, 2.75) is 45.4 Å². The Bertz CT molecular complexity index is 282. The predicted molar refractivity (Wildman–Crippen MR) is 69.8 cm³/mol. The predicted octanol–water partition coefficient (Wildman–Crippen LogP) is 3.13. The van der Waals surface area contributed by atoms with Gasteiger partial charge >= 0.3 is 11.9 Å². The van der Waals surface area contributed by atoms with Gasteiger partial charge < -0.3 is 9.47 Å². The van der Waals surface area contributed by atoms with Gasteiger partial charge in [0.2, 0.25) is 0 Å². The lowest BCUT2D eigenvalue weighted by Crippen LogP contribution is -2.04. The maximum atomic E-state index is 11.1. The number of carbonyl (C=O) groups excluding carboxylic acids is 2. The molecule has 0 aromatic carbocycles. The van der Waals surface area contributed by atoms with Crippen molar-refractivity contribution in [2.24, 2.45) is 0 Å². The molecule has 18 heavy (non-hydrogen) atoms. The monoisotopic (exact) mass is 254 g/mol. The lowest BCUT2D eigenvalue weighted by atomic mass is 10.1. The van der Waals surface area contributed by atoms with Crippen LogP contribution in [0.1, 0.15) is 45.4 Å². The second-order valence-corrected chi connectivity index (χ2v) is 3.87. The van der Waals surface area contributed by atoms with E-state index >= 15 is 0 Å². The highest BCUT2D eigenvalue weighted by molar-refractivity contribution is 5.91. The fraction of sp³-hybridized carbons (Fsp3) is 0.571. The quantitative estimate of drug-likeness (QED) is 0.260. The molecule has 0 heterocycles. The van der Waals surface area contributed by atoms with E-state index in [9.17, 15) is 9.59 Å². The zero-order valence-electron chi connectivity index (χ0n) is 11.0. The normalized spacial score (nSPS) is 10.3. The molecule has 0 aliphatic heterocycles. The van der Waals surface area contributed by atoms with Gasteiger partial charge in [-0.15, -0.1) is 0 Å². The largest absolute Gasteiger partial charge is 0.463 e. The highest BCUT2D eigenvalue weighted by Gasteiger charge is 1.99. The summed E-state index contributed by atoms with van der Waals surface area (Å²) in [5.41, 5.74) is 0. The molecule has 0 unspecified atom stereocenters. The van der Waals surface area contributed by atoms with Crippen LogP contribution in [0.3, 0.4) is 0 Å². The van der Waals surface area contributed by atoms with Gasteiger partial charge in [-0.3, -0.25) is 0 Å². The smallest absolute Gasteiger partial charge is 0.335 e. The summed E-state index contributed by atoms with van der Waals surface area (Å²) in [6.07, 6.45) is 9.90. The van der Waals surface area contributed by atoms with Crippen LogP contribution in [0.15, 0.2) is 25.0 Å². The van der Waals surface area contributed by atoms with Gasteiger partial charge in [0, 0.05) is 12.2 Å². The number of ether oxygens (including phenoxy) is 2. The Hall–Kier alpha value is -1.58. The molecule has 102 valence electrons. The summed E-state index contributed by atoms with van der Waals surface area (Å²) < 4.78 is 9.32. The Kier molecular flexibility index (Phi) is 10.8. The van der Waals surface area contributed by atoms with Crippen molar-refractivity contribution < 1.29 is 19.1 Å². The average molecular weight is 254 g/mol. The van der Waals surface area contributed by atoms with Crippen LogP contribution >= 0.6 is 0 Å². The third kappa shape index (κ3) is 10.9. The van der Waals surface area contributed by atoms with Gasteiger partial charge in [-0.2, -0.15) is 0 Å². The number of hydrogen-bond donors (Lipinski definition) is 0. The van der Waals surface area contributed by atoms with E-state index in [4.69, 9.17) is 4.74 Å². The highest BCUT2D eigenvalue weighted by Crippen LogP contribution is 2.04. The second-order valence-electron chi connectivity index (χ2n) is 3.87. The van der Waals surface area contributed by atoms with Crippen molar-refractivity contribution in [3.8, 4) is 0 Å². The maximum absolute atomic E-state index is 11.1. The van der Waals surface area contributed by atoms with Crippen LogP contribution in [0, 0.1) is 0 Å². The molecule has 0 fully saturated rings. The molecule has 4 nitrogen and oxygen atoms in total. The van der Waals surface area contributed by atoms with E-state index in [0.717, 1.165) is 31.3 Å². The minimum Gasteiger partial charge on any atom is -0.463 e. The molecule has 0 N–H and O–H groups in total. The molecule has 4 heteroatoms. The maximum Gasteiger partial charge on any atom is 0.335 e. The number of esters is 2. The minimum atomic E-state index is -0.637. The summed E-state index contributed by atoms with van der Waals surface area (Å²) >= 11 is 0. The first-order chi connectivity index (χ1) is 8.70. The van der Waals surface area contributed by atoms with Gasteiger partial charge in [-0.05, 0) is 6.42 Å². The third-order valence-corrected chi connectivity index (χ3v) is 2.30. The van der Waals surface area contributed by atoms with Crippen molar-refractivity contribution in [3.63, 3.8) is 0 Å². The first-order valence-electron chi connectivity index (χ1n) is 6.37. The van der Waals surface area contributed by atoms with Crippen LogP contribution in [0.5, 0.6) is 0 Å². The number of carbonyl (C=O) groups is 2. The summed E-state index contributed by atoms with van der Waals surface area (Å²) in [5.74, 6) is -1.16. The Morgan fingerprint density at radius 3 is 2.28 bits per heavy atom. The lowest BCUT2D eigenvalue weighted by Gasteiger charge is -2.01. The Labute approximate surface area is 109 Å². The van der Waals surface area contributed by atoms with Crippen molar-refractivity contribution in [1.29, 1.82) is 0 Å². The van der Waals surface area contributed by atoms with E-state index in [1.807, 2.05) is 0 Å². The zero-order chi connectivity index (χ0) is 13.6. The number of unbranched alkanes of at least 4 members (excludes halogenated alkanes) is 5. The van der Waals surface area contributed by atoms with Crippen molar-refractivity contribution in [3.05, 3.63) is 25.0 Å². The SMILES string of the molecule is C=COC(=O)/C=C\C(=O)OCCCCCCCC. The molecule has 0 amide bonds. The van der Waals surface area contributed by atoms with E-state index in [-0.39, 0.29) is 0 Å². The molecule has 0 radical (unpaired) electrons. The summed E-state index contributed by atoms with van der Waals surface area (Å²) in [5, 5.41) is 0. The molecule has 0 rings (SSSR count). The van der Waals surface area contributed by atoms with E-state index in [1.165, 1.54) is 25.7 Å². The van der Waals surface area contributed by atoms with Crippen LogP contribution in [0.25, 0.3) is 0 Å². The Morgan fingerprint density at radius 2 is 1.61 bits per heavy atom. The fourth-order valence-corrected chi connectivity index (χ4v) is 1.36. The standard InChI is InChI=1S/C14H22O4/c1-3-5-6-7-8-9-12-18-14(16)11-10-13(15)17-4-2/h4,10-11H,2-3,5-9,12H2,1H3/b11-10-. The van der Waals surface area contributed by atoms with Gasteiger partial charge in [0.25, 0.3) is 0 Å². The van der Waals surface area contributed by atoms with Gasteiger partial charge in [-0.25, -0.2) is 9.59 Å². The van der Waals surface area contributed by atoms with Crippen molar-refractivity contribution in [1.82, 2.24) is 0 Å². The van der Waals surface area contributed by atoms with Gasteiger partial charge in [0.1, 0.15) is 0 Å². The molecular weight excluding hydrogens is 232 g/mol. The molecule has 0 atom stereocenters. The Balaban J connectivity index is 3.47. The average Bonchev–Trinajstić information content (AvgIpc) is 2.35. The lowest BCUT2D eigenvalue weighted by molar-refractivity contribution is -0.139. The Morgan fingerprint density at radius 1 is 1.00 bits per heavy atom. The molecule has 0 bridgehead atoms. The molecule has 0 saturated heterocycles. The molecule has 0 saturated carbocycles. The zero-order valence-corrected chi connectivity index (χ0v) is 11.0. The number of rotatable bonds is 10. The van der Waals surface area contributed by atoms with Crippen LogP contribution in [0.2, 0.25) is 0 Å².